The van der Waals surface area contributed by atoms with Gasteiger partial charge in [0, 0.05) is 32.5 Å². The van der Waals surface area contributed by atoms with Gasteiger partial charge in [-0.2, -0.15) is 0 Å². The monoisotopic (exact) mass is 446 g/mol. The molecule has 8 nitrogen and oxygen atoms in total. The third kappa shape index (κ3) is 6.22. The van der Waals surface area contributed by atoms with E-state index >= 15 is 0 Å². The molecule has 0 radical (unpaired) electrons. The van der Waals surface area contributed by atoms with E-state index in [1.54, 1.807) is 18.2 Å². The molecule has 2 unspecified atom stereocenters. The molecule has 0 aliphatic carbocycles. The summed E-state index contributed by atoms with van der Waals surface area (Å²) in [5.41, 5.74) is -0.603. The lowest BCUT2D eigenvalue weighted by molar-refractivity contribution is -0.163. The van der Waals surface area contributed by atoms with Crippen LogP contribution in [0.4, 0.5) is 4.79 Å². The van der Waals surface area contributed by atoms with Crippen LogP contribution in [0.1, 0.15) is 32.3 Å². The zero-order valence-corrected chi connectivity index (χ0v) is 17.9. The number of nitrogens with one attached hydrogen (secondary N) is 1. The Balaban J connectivity index is 2.22. The molecular formula is C19H24Cl2N2O6. The first-order chi connectivity index (χ1) is 13.5. The highest BCUT2D eigenvalue weighted by molar-refractivity contribution is 6.42. The van der Waals surface area contributed by atoms with E-state index in [-0.39, 0.29) is 32.2 Å². The maximum absolute atomic E-state index is 12.5. The van der Waals surface area contributed by atoms with Crippen molar-refractivity contribution in [2.24, 2.45) is 0 Å². The van der Waals surface area contributed by atoms with Crippen LogP contribution in [-0.2, 0) is 19.1 Å². The first-order valence-electron chi connectivity index (χ1n) is 9.03. The van der Waals surface area contributed by atoms with Crippen LogP contribution in [0.25, 0.3) is 0 Å². The highest BCUT2D eigenvalue weighted by Crippen LogP contribution is 2.31. The molecule has 0 aromatic heterocycles. The average molecular weight is 447 g/mol. The molecule has 2 rings (SSSR count). The maximum atomic E-state index is 12.5. The summed E-state index contributed by atoms with van der Waals surface area (Å²) in [5, 5.41) is 12.9. The minimum atomic E-state index is -1.34. The highest BCUT2D eigenvalue weighted by atomic mass is 35.5. The van der Waals surface area contributed by atoms with Crippen LogP contribution in [0.3, 0.4) is 0 Å². The summed E-state index contributed by atoms with van der Waals surface area (Å²) in [5.74, 6) is -1.44. The molecule has 2 N–H and O–H groups in total. The van der Waals surface area contributed by atoms with Crippen molar-refractivity contribution in [1.82, 2.24) is 10.2 Å². The SMILES string of the molecule is CC(=O)OC(C)(C)C(=O)NCC1OCCN(C(=O)O)CC1c1ccc(Cl)c(Cl)c1. The minimum absolute atomic E-state index is 0.0991. The lowest BCUT2D eigenvalue weighted by Gasteiger charge is -2.29. The standard InChI is InChI=1S/C19H24Cl2N2O6/c1-11(24)29-19(2,3)17(25)22-9-16-13(10-23(18(26)27)6-7-28-16)12-4-5-14(20)15(21)8-12/h4-5,8,13,16H,6-7,9-10H2,1-3H3,(H,22,25)(H,26,27). The van der Waals surface area contributed by atoms with Crippen LogP contribution in [0.2, 0.25) is 10.0 Å². The fourth-order valence-electron chi connectivity index (χ4n) is 3.13. The largest absolute Gasteiger partial charge is 0.465 e. The van der Waals surface area contributed by atoms with Gasteiger partial charge in [-0.1, -0.05) is 29.3 Å². The Labute approximate surface area is 179 Å². The lowest BCUT2D eigenvalue weighted by atomic mass is 9.92. The molecule has 1 aliphatic heterocycles. The van der Waals surface area contributed by atoms with Crippen molar-refractivity contribution in [3.63, 3.8) is 0 Å². The molecular weight excluding hydrogens is 423 g/mol. The lowest BCUT2D eigenvalue weighted by Crippen LogP contribution is -2.48. The topological polar surface area (TPSA) is 105 Å². The second-order valence-electron chi connectivity index (χ2n) is 7.23. The summed E-state index contributed by atoms with van der Waals surface area (Å²) < 4.78 is 10.9. The van der Waals surface area contributed by atoms with Gasteiger partial charge in [0.2, 0.25) is 0 Å². The number of carbonyl (C=O) groups is 3. The Morgan fingerprint density at radius 1 is 1.31 bits per heavy atom. The Bertz CT molecular complexity index is 786. The van der Waals surface area contributed by atoms with Gasteiger partial charge in [-0.05, 0) is 31.5 Å². The van der Waals surface area contributed by atoms with Gasteiger partial charge in [0.05, 0.1) is 22.8 Å². The summed E-state index contributed by atoms with van der Waals surface area (Å²) in [6.07, 6.45) is -1.58. The van der Waals surface area contributed by atoms with E-state index in [0.717, 1.165) is 5.56 Å². The predicted octanol–water partition coefficient (Wildman–Crippen LogP) is 2.91. The van der Waals surface area contributed by atoms with Crippen LogP contribution >= 0.6 is 23.2 Å². The molecule has 29 heavy (non-hydrogen) atoms. The van der Waals surface area contributed by atoms with Crippen molar-refractivity contribution in [2.75, 3.05) is 26.2 Å². The number of benzene rings is 1. The Kier molecular flexibility index (Phi) is 7.73. The van der Waals surface area contributed by atoms with Crippen molar-refractivity contribution in [3.05, 3.63) is 33.8 Å². The van der Waals surface area contributed by atoms with Crippen molar-refractivity contribution < 1.29 is 29.0 Å². The summed E-state index contributed by atoms with van der Waals surface area (Å²) in [4.78, 5) is 36.4. The number of hydrogen-bond acceptors (Lipinski definition) is 5. The van der Waals surface area contributed by atoms with E-state index in [0.29, 0.717) is 10.0 Å². The zero-order chi connectivity index (χ0) is 21.8. The first kappa shape index (κ1) is 23.3. The van der Waals surface area contributed by atoms with Crippen LogP contribution in [0, 0.1) is 0 Å². The Morgan fingerprint density at radius 3 is 2.59 bits per heavy atom. The molecule has 1 heterocycles. The van der Waals surface area contributed by atoms with Gasteiger partial charge in [-0.3, -0.25) is 9.59 Å². The first-order valence-corrected chi connectivity index (χ1v) is 9.79. The van der Waals surface area contributed by atoms with Gasteiger partial charge in [0.15, 0.2) is 5.60 Å². The summed E-state index contributed by atoms with van der Waals surface area (Å²) >= 11 is 12.1. The second kappa shape index (κ2) is 9.65. The number of ether oxygens (including phenoxy) is 2. The van der Waals surface area contributed by atoms with Crippen LogP contribution in [-0.4, -0.2) is 65.9 Å². The normalized spacial score (nSPS) is 20.0. The van der Waals surface area contributed by atoms with Gasteiger partial charge in [-0.25, -0.2) is 4.79 Å². The fourth-order valence-corrected chi connectivity index (χ4v) is 3.43. The molecule has 1 aromatic rings. The van der Waals surface area contributed by atoms with Crippen molar-refractivity contribution in [3.8, 4) is 0 Å². The van der Waals surface area contributed by atoms with E-state index in [9.17, 15) is 19.5 Å². The Hall–Kier alpha value is -2.03. The number of esters is 1. The summed E-state index contributed by atoms with van der Waals surface area (Å²) in [7, 11) is 0. The summed E-state index contributed by atoms with van der Waals surface area (Å²) in [6, 6.07) is 5.06. The molecule has 0 saturated carbocycles. The van der Waals surface area contributed by atoms with E-state index in [1.807, 2.05) is 0 Å². The zero-order valence-electron chi connectivity index (χ0n) is 16.4. The van der Waals surface area contributed by atoms with Crippen molar-refractivity contribution in [1.29, 1.82) is 0 Å². The third-order valence-corrected chi connectivity index (χ3v) is 5.35. The number of halogens is 2. The molecule has 0 bridgehead atoms. The van der Waals surface area contributed by atoms with E-state index in [2.05, 4.69) is 5.32 Å². The van der Waals surface area contributed by atoms with Crippen LogP contribution in [0.15, 0.2) is 18.2 Å². The van der Waals surface area contributed by atoms with Gasteiger partial charge in [0.1, 0.15) is 0 Å². The molecule has 2 atom stereocenters. The minimum Gasteiger partial charge on any atom is -0.465 e. The third-order valence-electron chi connectivity index (χ3n) is 4.61. The van der Waals surface area contributed by atoms with E-state index in [1.165, 1.54) is 25.7 Å². The number of hydrogen-bond donors (Lipinski definition) is 2. The number of rotatable bonds is 5. The van der Waals surface area contributed by atoms with Crippen LogP contribution in [0.5, 0.6) is 0 Å². The fraction of sp³-hybridized carbons (Fsp3) is 0.526. The quantitative estimate of drug-likeness (QED) is 0.673. The van der Waals surface area contributed by atoms with E-state index < -0.39 is 29.7 Å². The number of nitrogens with zero attached hydrogens (tertiary/aromatic N) is 1. The van der Waals surface area contributed by atoms with Gasteiger partial charge in [0.25, 0.3) is 5.91 Å². The van der Waals surface area contributed by atoms with Crippen LogP contribution < -0.4 is 5.32 Å². The molecule has 1 aromatic carbocycles. The summed E-state index contributed by atoms with van der Waals surface area (Å²) in [6.45, 7) is 4.85. The van der Waals surface area contributed by atoms with Crippen molar-refractivity contribution >= 4 is 41.2 Å². The van der Waals surface area contributed by atoms with E-state index in [4.69, 9.17) is 32.7 Å². The molecule has 1 saturated heterocycles. The Morgan fingerprint density at radius 2 is 2.00 bits per heavy atom. The molecule has 1 aliphatic rings. The number of carbonyl (C=O) groups excluding carboxylic acids is 2. The van der Waals surface area contributed by atoms with Gasteiger partial charge < -0.3 is 24.8 Å². The molecule has 160 valence electrons. The predicted molar refractivity (Wildman–Crippen MR) is 107 cm³/mol. The molecule has 10 heteroatoms. The smallest absolute Gasteiger partial charge is 0.407 e. The second-order valence-corrected chi connectivity index (χ2v) is 8.05. The number of amides is 2. The van der Waals surface area contributed by atoms with Gasteiger partial charge >= 0.3 is 12.1 Å². The number of carboxylic acid groups (broad SMARTS) is 1. The molecule has 2 amide bonds. The average Bonchev–Trinajstić information content (AvgIpc) is 2.83. The molecule has 0 spiro atoms. The van der Waals surface area contributed by atoms with Gasteiger partial charge in [-0.15, -0.1) is 0 Å². The molecule has 1 fully saturated rings. The highest BCUT2D eigenvalue weighted by Gasteiger charge is 2.35. The van der Waals surface area contributed by atoms with Crippen molar-refractivity contribution in [2.45, 2.75) is 38.4 Å². The maximum Gasteiger partial charge on any atom is 0.407 e.